The maximum atomic E-state index is 6.38. The third kappa shape index (κ3) is 14.2. The molecule has 0 N–H and O–H groups in total. The van der Waals surface area contributed by atoms with Crippen molar-refractivity contribution < 1.29 is 13.3 Å². The van der Waals surface area contributed by atoms with E-state index >= 15 is 0 Å². The van der Waals surface area contributed by atoms with Gasteiger partial charge >= 0.3 is 8.80 Å². The highest BCUT2D eigenvalue weighted by atomic mass is 28.4. The van der Waals surface area contributed by atoms with Crippen LogP contribution in [-0.2, 0) is 13.3 Å². The van der Waals surface area contributed by atoms with Gasteiger partial charge in [-0.1, -0.05) is 20.8 Å². The Hall–Kier alpha value is -0.0231. The lowest BCUT2D eigenvalue weighted by Gasteiger charge is -2.42. The third-order valence-corrected chi connectivity index (χ3v) is 9.94. The SMILES string of the molecule is CCCN(C)CCC(CCN(C)CCC)(CCN(C)CCC)C[Si](OCC)(OCC)OCC. The first kappa shape index (κ1) is 33.0. The molecule has 0 saturated carbocycles. The Morgan fingerprint density at radius 2 is 0.818 bits per heavy atom. The predicted molar refractivity (Wildman–Crippen MR) is 145 cm³/mol. The molecule has 0 aromatic heterocycles. The topological polar surface area (TPSA) is 37.4 Å². The quantitative estimate of drug-likeness (QED) is 0.183. The van der Waals surface area contributed by atoms with Crippen LogP contribution in [0.4, 0.5) is 0 Å². The fraction of sp³-hybridized carbons (Fsp3) is 1.00. The van der Waals surface area contributed by atoms with Crippen molar-refractivity contribution in [1.29, 1.82) is 0 Å². The zero-order valence-electron chi connectivity index (χ0n) is 23.9. The average Bonchev–Trinajstić information content (AvgIpc) is 2.76. The van der Waals surface area contributed by atoms with Gasteiger partial charge in [0.05, 0.1) is 0 Å². The molecule has 7 heteroatoms. The van der Waals surface area contributed by atoms with E-state index in [1.54, 1.807) is 0 Å². The molecule has 0 fully saturated rings. The molecule has 0 saturated heterocycles. The highest BCUT2D eigenvalue weighted by Gasteiger charge is 2.48. The lowest BCUT2D eigenvalue weighted by molar-refractivity contribution is 0.0481. The zero-order chi connectivity index (χ0) is 25.2. The Kier molecular flexibility index (Phi) is 19.2. The predicted octanol–water partition coefficient (Wildman–Crippen LogP) is 5.22. The summed E-state index contributed by atoms with van der Waals surface area (Å²) in [5.74, 6) is 0. The average molecular weight is 490 g/mol. The molecule has 0 unspecified atom stereocenters. The lowest BCUT2D eigenvalue weighted by Crippen LogP contribution is -2.51. The van der Waals surface area contributed by atoms with Crippen molar-refractivity contribution in [2.45, 2.75) is 86.1 Å². The van der Waals surface area contributed by atoms with Crippen LogP contribution in [0.5, 0.6) is 0 Å². The maximum absolute atomic E-state index is 6.38. The Bertz CT molecular complexity index is 399. The van der Waals surface area contributed by atoms with Crippen LogP contribution in [0.2, 0.25) is 6.04 Å². The van der Waals surface area contributed by atoms with E-state index in [-0.39, 0.29) is 5.41 Å². The second kappa shape index (κ2) is 19.2. The van der Waals surface area contributed by atoms with Gasteiger partial charge in [-0.05, 0) is 125 Å². The molecule has 0 aromatic rings. The van der Waals surface area contributed by atoms with Gasteiger partial charge in [0, 0.05) is 25.9 Å². The molecule has 0 bridgehead atoms. The highest BCUT2D eigenvalue weighted by Crippen LogP contribution is 2.41. The van der Waals surface area contributed by atoms with E-state index in [2.05, 4.69) is 77.4 Å². The number of hydrogen-bond donors (Lipinski definition) is 0. The Labute approximate surface area is 208 Å². The normalized spacial score (nSPS) is 13.1. The van der Waals surface area contributed by atoms with Crippen LogP contribution < -0.4 is 0 Å². The van der Waals surface area contributed by atoms with Gasteiger partial charge in [0.25, 0.3) is 0 Å². The Morgan fingerprint density at radius 1 is 0.515 bits per heavy atom. The van der Waals surface area contributed by atoms with Crippen molar-refractivity contribution in [2.24, 2.45) is 5.41 Å². The van der Waals surface area contributed by atoms with Gasteiger partial charge in [-0.2, -0.15) is 0 Å². The van der Waals surface area contributed by atoms with Gasteiger partial charge < -0.3 is 28.0 Å². The summed E-state index contributed by atoms with van der Waals surface area (Å²) in [7, 11) is 4.03. The van der Waals surface area contributed by atoms with E-state index in [4.69, 9.17) is 13.3 Å². The van der Waals surface area contributed by atoms with Crippen LogP contribution in [0.1, 0.15) is 80.1 Å². The van der Waals surface area contributed by atoms with Crippen molar-refractivity contribution in [1.82, 2.24) is 14.7 Å². The summed E-state index contributed by atoms with van der Waals surface area (Å²) < 4.78 is 19.1. The third-order valence-electron chi connectivity index (χ3n) is 6.57. The summed E-state index contributed by atoms with van der Waals surface area (Å²) in [6.45, 7) is 21.7. The molecule has 0 aliphatic rings. The molecule has 33 heavy (non-hydrogen) atoms. The monoisotopic (exact) mass is 489 g/mol. The first-order valence-electron chi connectivity index (χ1n) is 13.7. The molecule has 0 amide bonds. The van der Waals surface area contributed by atoms with Crippen LogP contribution >= 0.6 is 0 Å². The molecule has 0 radical (unpaired) electrons. The molecule has 0 heterocycles. The van der Waals surface area contributed by atoms with Crippen LogP contribution in [0.25, 0.3) is 0 Å². The molecule has 200 valence electrons. The summed E-state index contributed by atoms with van der Waals surface area (Å²) >= 11 is 0. The molecule has 0 aliphatic carbocycles. The van der Waals surface area contributed by atoms with Gasteiger partial charge in [0.2, 0.25) is 0 Å². The van der Waals surface area contributed by atoms with E-state index in [1.165, 1.54) is 19.3 Å². The summed E-state index contributed by atoms with van der Waals surface area (Å²) in [4.78, 5) is 7.47. The summed E-state index contributed by atoms with van der Waals surface area (Å²) in [6, 6.07) is 0.912. The largest absolute Gasteiger partial charge is 0.501 e. The van der Waals surface area contributed by atoms with Crippen LogP contribution in [0.3, 0.4) is 0 Å². The first-order chi connectivity index (χ1) is 15.8. The van der Waals surface area contributed by atoms with Crippen LogP contribution in [0, 0.1) is 5.41 Å². The standard InChI is InChI=1S/C26H59N3O3Si/c1-10-19-27(7)22-16-26(17-23-28(8)20-11-2,18-24-29(9)21-12-3)25-33(30-13-4,31-14-5)32-15-6/h10-25H2,1-9H3. The molecule has 0 atom stereocenters. The molecule has 6 nitrogen and oxygen atoms in total. The van der Waals surface area contributed by atoms with E-state index < -0.39 is 8.80 Å². The van der Waals surface area contributed by atoms with Crippen molar-refractivity contribution in [3.8, 4) is 0 Å². The molecule has 0 spiro atoms. The highest BCUT2D eigenvalue weighted by molar-refractivity contribution is 6.60. The van der Waals surface area contributed by atoms with Gasteiger partial charge in [-0.15, -0.1) is 0 Å². The fourth-order valence-electron chi connectivity index (χ4n) is 4.80. The molecular weight excluding hydrogens is 430 g/mol. The van der Waals surface area contributed by atoms with Crippen LogP contribution in [0.15, 0.2) is 0 Å². The second-order valence-corrected chi connectivity index (χ2v) is 12.4. The summed E-state index contributed by atoms with van der Waals surface area (Å²) in [6.07, 6.45) is 7.05. The Balaban J connectivity index is 6.01. The number of hydrogen-bond acceptors (Lipinski definition) is 6. The fourth-order valence-corrected chi connectivity index (χ4v) is 8.13. The van der Waals surface area contributed by atoms with Gasteiger partial charge in [0.15, 0.2) is 0 Å². The first-order valence-corrected chi connectivity index (χ1v) is 15.7. The minimum atomic E-state index is -2.76. The van der Waals surface area contributed by atoms with Crippen molar-refractivity contribution in [3.05, 3.63) is 0 Å². The van der Waals surface area contributed by atoms with E-state index in [9.17, 15) is 0 Å². The van der Waals surface area contributed by atoms with Crippen molar-refractivity contribution in [3.63, 3.8) is 0 Å². The number of nitrogens with zero attached hydrogens (tertiary/aromatic N) is 3. The van der Waals surface area contributed by atoms with E-state index in [0.717, 1.165) is 64.6 Å². The van der Waals surface area contributed by atoms with E-state index in [1.807, 2.05) is 0 Å². The van der Waals surface area contributed by atoms with Gasteiger partial charge in [-0.25, -0.2) is 0 Å². The van der Waals surface area contributed by atoms with Crippen molar-refractivity contribution in [2.75, 3.05) is 80.2 Å². The minimum Gasteiger partial charge on any atom is -0.374 e. The van der Waals surface area contributed by atoms with Gasteiger partial charge in [0.1, 0.15) is 0 Å². The van der Waals surface area contributed by atoms with Gasteiger partial charge in [-0.3, -0.25) is 0 Å². The molecule has 0 aliphatic heterocycles. The second-order valence-electron chi connectivity index (χ2n) is 9.82. The molecular formula is C26H59N3O3Si. The smallest absolute Gasteiger partial charge is 0.374 e. The summed E-state index contributed by atoms with van der Waals surface area (Å²) in [5, 5.41) is 0. The number of rotatable bonds is 23. The van der Waals surface area contributed by atoms with Crippen LogP contribution in [-0.4, -0.2) is 104 Å². The van der Waals surface area contributed by atoms with Crippen molar-refractivity contribution >= 4 is 8.80 Å². The minimum absolute atomic E-state index is 0.137. The Morgan fingerprint density at radius 3 is 1.06 bits per heavy atom. The zero-order valence-corrected chi connectivity index (χ0v) is 24.9. The molecule has 0 rings (SSSR count). The van der Waals surface area contributed by atoms with E-state index in [0.29, 0.717) is 19.8 Å². The molecule has 0 aromatic carbocycles. The lowest BCUT2D eigenvalue weighted by atomic mass is 9.79. The summed E-state index contributed by atoms with van der Waals surface area (Å²) in [5.41, 5.74) is 0.137. The maximum Gasteiger partial charge on any atom is 0.501 e.